The molecule has 148 valence electrons. The minimum atomic E-state index is -4.45. The number of halogens is 3. The summed E-state index contributed by atoms with van der Waals surface area (Å²) in [7, 11) is -3.68. The zero-order valence-electron chi connectivity index (χ0n) is 14.6. The first kappa shape index (κ1) is 21.5. The Morgan fingerprint density at radius 3 is 2.43 bits per heavy atom. The quantitative estimate of drug-likeness (QED) is 0.719. The molecule has 2 rings (SSSR count). The van der Waals surface area contributed by atoms with E-state index in [2.05, 4.69) is 21.9 Å². The molecule has 2 aromatic rings. The normalized spacial score (nSPS) is 11.4. The van der Waals surface area contributed by atoms with E-state index in [0.29, 0.717) is 0 Å². The van der Waals surface area contributed by atoms with Crippen molar-refractivity contribution in [3.05, 3.63) is 65.7 Å². The Morgan fingerprint density at radius 2 is 1.75 bits per heavy atom. The molecule has 2 aromatic carbocycles. The zero-order chi connectivity index (χ0) is 20.6. The van der Waals surface area contributed by atoms with Crippen molar-refractivity contribution in [1.82, 2.24) is 10.0 Å². The summed E-state index contributed by atoms with van der Waals surface area (Å²) >= 11 is 0. The molecule has 9 heteroatoms. The van der Waals surface area contributed by atoms with E-state index in [1.807, 2.05) is 0 Å². The first-order valence-electron chi connectivity index (χ1n) is 8.16. The monoisotopic (exact) mass is 410 g/mol. The van der Waals surface area contributed by atoms with Gasteiger partial charge in [0, 0.05) is 18.5 Å². The van der Waals surface area contributed by atoms with E-state index in [9.17, 15) is 26.4 Å². The molecule has 0 unspecified atom stereocenters. The molecule has 0 atom stereocenters. The average molecular weight is 410 g/mol. The summed E-state index contributed by atoms with van der Waals surface area (Å²) in [6, 6.07) is 12.3. The van der Waals surface area contributed by atoms with Crippen molar-refractivity contribution >= 4 is 15.9 Å². The maximum Gasteiger partial charge on any atom is 0.416 e. The maximum atomic E-state index is 12.6. The zero-order valence-corrected chi connectivity index (χ0v) is 15.4. The Labute approximate surface area is 161 Å². The number of amides is 1. The van der Waals surface area contributed by atoms with Crippen LogP contribution in [0.4, 0.5) is 13.2 Å². The van der Waals surface area contributed by atoms with Crippen molar-refractivity contribution in [1.29, 1.82) is 0 Å². The number of nitrogens with one attached hydrogen (secondary N) is 2. The molecule has 28 heavy (non-hydrogen) atoms. The molecule has 0 fully saturated rings. The van der Waals surface area contributed by atoms with Crippen LogP contribution in [0.25, 0.3) is 0 Å². The molecule has 0 radical (unpaired) electrons. The van der Waals surface area contributed by atoms with E-state index in [1.165, 1.54) is 24.3 Å². The second-order valence-corrected chi connectivity index (χ2v) is 7.38. The largest absolute Gasteiger partial charge is 0.416 e. The maximum absolute atomic E-state index is 12.6. The molecule has 0 saturated heterocycles. The van der Waals surface area contributed by atoms with E-state index in [0.717, 1.165) is 12.1 Å². The van der Waals surface area contributed by atoms with Gasteiger partial charge in [-0.05, 0) is 30.3 Å². The van der Waals surface area contributed by atoms with Crippen LogP contribution in [0.15, 0.2) is 59.5 Å². The molecule has 0 saturated carbocycles. The van der Waals surface area contributed by atoms with Crippen molar-refractivity contribution in [2.24, 2.45) is 0 Å². The van der Waals surface area contributed by atoms with Gasteiger partial charge in [0.25, 0.3) is 0 Å². The summed E-state index contributed by atoms with van der Waals surface area (Å²) in [4.78, 5) is 11.8. The van der Waals surface area contributed by atoms with Crippen molar-refractivity contribution in [3.63, 3.8) is 0 Å². The third-order valence-electron chi connectivity index (χ3n) is 3.49. The van der Waals surface area contributed by atoms with Crippen molar-refractivity contribution in [2.75, 3.05) is 13.1 Å². The van der Waals surface area contributed by atoms with Gasteiger partial charge in [0.15, 0.2) is 0 Å². The minimum absolute atomic E-state index is 0.0689. The molecule has 0 bridgehead atoms. The smallest absolute Gasteiger partial charge is 0.345 e. The van der Waals surface area contributed by atoms with Gasteiger partial charge in [-0.1, -0.05) is 36.1 Å². The van der Waals surface area contributed by atoms with Crippen LogP contribution in [0.1, 0.15) is 17.5 Å². The number of carbonyl (C=O) groups excluding carboxylic acids is 1. The van der Waals surface area contributed by atoms with Gasteiger partial charge in [-0.25, -0.2) is 13.1 Å². The lowest BCUT2D eigenvalue weighted by Gasteiger charge is -2.06. The Balaban J connectivity index is 1.78. The Morgan fingerprint density at radius 1 is 1.04 bits per heavy atom. The highest BCUT2D eigenvalue weighted by Crippen LogP contribution is 2.29. The number of benzene rings is 2. The van der Waals surface area contributed by atoms with Crippen LogP contribution in [-0.4, -0.2) is 27.4 Å². The molecule has 0 aliphatic carbocycles. The summed E-state index contributed by atoms with van der Waals surface area (Å²) in [6.45, 7) is -0.162. The lowest BCUT2D eigenvalue weighted by molar-refractivity contribution is -0.137. The lowest BCUT2D eigenvalue weighted by Crippen LogP contribution is -2.30. The molecule has 0 spiro atoms. The lowest BCUT2D eigenvalue weighted by atomic mass is 10.1. The summed E-state index contributed by atoms with van der Waals surface area (Å²) in [5, 5.41) is 2.45. The van der Waals surface area contributed by atoms with Gasteiger partial charge >= 0.3 is 6.18 Å². The highest BCUT2D eigenvalue weighted by atomic mass is 32.2. The Kier molecular flexibility index (Phi) is 7.20. The number of sulfonamides is 1. The van der Waals surface area contributed by atoms with Gasteiger partial charge in [-0.15, -0.1) is 0 Å². The molecule has 1 amide bonds. The molecule has 0 aliphatic heterocycles. The van der Waals surface area contributed by atoms with Crippen LogP contribution in [0.5, 0.6) is 0 Å². The highest BCUT2D eigenvalue weighted by Gasteiger charge is 2.30. The van der Waals surface area contributed by atoms with E-state index < -0.39 is 27.7 Å². The van der Waals surface area contributed by atoms with Gasteiger partial charge in [0.05, 0.1) is 17.0 Å². The summed E-state index contributed by atoms with van der Waals surface area (Å²) in [5.74, 6) is 4.66. The van der Waals surface area contributed by atoms with Gasteiger partial charge in [0.2, 0.25) is 15.9 Å². The van der Waals surface area contributed by atoms with E-state index in [1.54, 1.807) is 18.2 Å². The topological polar surface area (TPSA) is 75.3 Å². The van der Waals surface area contributed by atoms with Gasteiger partial charge < -0.3 is 5.32 Å². The molecular weight excluding hydrogens is 393 g/mol. The summed E-state index contributed by atoms with van der Waals surface area (Å²) < 4.78 is 64.1. The number of rotatable bonds is 6. The second-order valence-electron chi connectivity index (χ2n) is 5.62. The Hall–Kier alpha value is -2.83. The molecular formula is C19H17F3N2O3S. The summed E-state index contributed by atoms with van der Waals surface area (Å²) in [5.41, 5.74) is -0.617. The van der Waals surface area contributed by atoms with Crippen molar-refractivity contribution < 1.29 is 26.4 Å². The Bertz CT molecular complexity index is 979. The SMILES string of the molecule is O=C(CCNS(=O)(=O)c1ccccc1)NCC#Cc1cccc(C(F)(F)F)c1. The predicted molar refractivity (Wildman–Crippen MR) is 97.6 cm³/mol. The summed E-state index contributed by atoms with van der Waals surface area (Å²) in [6.07, 6.45) is -4.55. The fraction of sp³-hybridized carbons (Fsp3) is 0.211. The molecule has 0 aromatic heterocycles. The van der Waals surface area contributed by atoms with Crippen LogP contribution in [0, 0.1) is 11.8 Å². The van der Waals surface area contributed by atoms with Crippen LogP contribution in [-0.2, 0) is 21.0 Å². The fourth-order valence-electron chi connectivity index (χ4n) is 2.13. The minimum Gasteiger partial charge on any atom is -0.345 e. The van der Waals surface area contributed by atoms with Gasteiger partial charge in [-0.3, -0.25) is 4.79 Å². The van der Waals surface area contributed by atoms with Gasteiger partial charge in [0.1, 0.15) is 0 Å². The third kappa shape index (κ3) is 6.72. The average Bonchev–Trinajstić information content (AvgIpc) is 2.65. The molecule has 5 nitrogen and oxygen atoms in total. The number of alkyl halides is 3. The standard InChI is InChI=1S/C19H17F3N2O3S/c20-19(21,22)16-8-4-6-15(14-16)7-5-12-23-18(25)11-13-24-28(26,27)17-9-2-1-3-10-17/h1-4,6,8-10,14,24H,11-13H2,(H,23,25). The molecule has 2 N–H and O–H groups in total. The number of hydrogen-bond donors (Lipinski definition) is 2. The van der Waals surface area contributed by atoms with Crippen LogP contribution >= 0.6 is 0 Å². The highest BCUT2D eigenvalue weighted by molar-refractivity contribution is 7.89. The van der Waals surface area contributed by atoms with E-state index in [-0.39, 0.29) is 30.0 Å². The van der Waals surface area contributed by atoms with Gasteiger partial charge in [-0.2, -0.15) is 13.2 Å². The first-order chi connectivity index (χ1) is 13.2. The third-order valence-corrected chi connectivity index (χ3v) is 4.97. The van der Waals surface area contributed by atoms with Crippen LogP contribution < -0.4 is 10.0 Å². The van der Waals surface area contributed by atoms with Crippen LogP contribution in [0.3, 0.4) is 0 Å². The van der Waals surface area contributed by atoms with E-state index in [4.69, 9.17) is 0 Å². The van der Waals surface area contributed by atoms with E-state index >= 15 is 0 Å². The fourth-order valence-corrected chi connectivity index (χ4v) is 3.19. The van der Waals surface area contributed by atoms with Crippen molar-refractivity contribution in [2.45, 2.75) is 17.5 Å². The molecule has 0 aliphatic rings. The van der Waals surface area contributed by atoms with Crippen molar-refractivity contribution in [3.8, 4) is 11.8 Å². The second kappa shape index (κ2) is 9.39. The first-order valence-corrected chi connectivity index (χ1v) is 9.64. The molecule has 0 heterocycles. The predicted octanol–water partition coefficient (Wildman–Crippen LogP) is 2.54. The van der Waals surface area contributed by atoms with Crippen LogP contribution in [0.2, 0.25) is 0 Å². The number of hydrogen-bond acceptors (Lipinski definition) is 3. The number of carbonyl (C=O) groups is 1.